The van der Waals surface area contributed by atoms with E-state index in [1.165, 1.54) is 18.5 Å². The van der Waals surface area contributed by atoms with Crippen LogP contribution in [0, 0.1) is 5.92 Å². The van der Waals surface area contributed by atoms with Gasteiger partial charge in [-0.2, -0.15) is 0 Å². The van der Waals surface area contributed by atoms with Crippen molar-refractivity contribution in [3.8, 4) is 17.0 Å². The topological polar surface area (TPSA) is 61.0 Å². The number of hydrogen-bond acceptors (Lipinski definition) is 4. The quantitative estimate of drug-likeness (QED) is 0.638. The molecule has 2 aromatic rings. The zero-order chi connectivity index (χ0) is 20.2. The van der Waals surface area contributed by atoms with Crippen molar-refractivity contribution in [3.05, 3.63) is 41.9 Å². The number of hydrogen-bond donors (Lipinski definition) is 1. The van der Waals surface area contributed by atoms with E-state index in [0.29, 0.717) is 12.3 Å². The minimum atomic E-state index is -2.81. The highest BCUT2D eigenvalue weighted by atomic mass is 19.3. The normalized spacial score (nSPS) is 14.0. The Hall–Kier alpha value is -2.22. The number of rotatable bonds is 8. The van der Waals surface area contributed by atoms with Gasteiger partial charge in [0.2, 0.25) is 0 Å². The molecule has 0 fully saturated rings. The van der Waals surface area contributed by atoms with Crippen molar-refractivity contribution in [3.63, 3.8) is 0 Å². The molecule has 8 heteroatoms. The molecule has 0 aromatic carbocycles. The van der Waals surface area contributed by atoms with Gasteiger partial charge in [0, 0.05) is 17.3 Å². The van der Waals surface area contributed by atoms with E-state index in [1.54, 1.807) is 6.92 Å². The van der Waals surface area contributed by atoms with Crippen LogP contribution in [0.3, 0.4) is 0 Å². The van der Waals surface area contributed by atoms with E-state index < -0.39 is 24.1 Å². The molecule has 2 aromatic heterocycles. The fourth-order valence-electron chi connectivity index (χ4n) is 2.87. The highest BCUT2D eigenvalue weighted by Gasteiger charge is 2.23. The number of pyridine rings is 2. The molecule has 1 unspecified atom stereocenters. The van der Waals surface area contributed by atoms with Crippen LogP contribution in [0.2, 0.25) is 0 Å². The number of nitrogens with zero attached hydrogens (tertiary/aromatic N) is 2. The summed E-state index contributed by atoms with van der Waals surface area (Å²) >= 11 is 0. The Kier molecular flexibility index (Phi) is 6.75. The third kappa shape index (κ3) is 5.89. The molecule has 1 atom stereocenters. The number of aromatic nitrogens is 2. The van der Waals surface area contributed by atoms with Crippen LogP contribution in [-0.2, 0) is 0 Å². The molecule has 27 heavy (non-hydrogen) atoms. The molecule has 0 aliphatic heterocycles. The van der Waals surface area contributed by atoms with Crippen molar-refractivity contribution in [2.45, 2.75) is 45.6 Å². The Morgan fingerprint density at radius 3 is 2.41 bits per heavy atom. The number of alkyl halides is 4. The number of halogens is 4. The van der Waals surface area contributed by atoms with Gasteiger partial charge in [-0.25, -0.2) is 17.6 Å². The second-order valence-corrected chi connectivity index (χ2v) is 7.22. The van der Waals surface area contributed by atoms with Crippen LogP contribution in [0.25, 0.3) is 11.3 Å². The minimum Gasteiger partial charge on any atom is -0.490 e. The number of nitrogens with two attached hydrogens (primary N) is 1. The minimum absolute atomic E-state index is 0.0523. The molecule has 0 radical (unpaired) electrons. The summed E-state index contributed by atoms with van der Waals surface area (Å²) in [7, 11) is 0. The van der Waals surface area contributed by atoms with Crippen molar-refractivity contribution < 1.29 is 22.3 Å². The molecule has 4 nitrogen and oxygen atoms in total. The summed E-state index contributed by atoms with van der Waals surface area (Å²) in [6, 6.07) is 3.70. The Balaban J connectivity index is 2.28. The van der Waals surface area contributed by atoms with Crippen molar-refractivity contribution in [1.82, 2.24) is 9.97 Å². The van der Waals surface area contributed by atoms with E-state index in [0.717, 1.165) is 12.1 Å². The molecule has 0 amide bonds. The molecule has 2 rings (SSSR count). The molecular weight excluding hydrogens is 362 g/mol. The zero-order valence-corrected chi connectivity index (χ0v) is 15.4. The molecule has 2 N–H and O–H groups in total. The number of ether oxygens (including phenoxy) is 1. The summed E-state index contributed by atoms with van der Waals surface area (Å²) in [5.74, 6) is 0.256. The maximum Gasteiger partial charge on any atom is 0.280 e. The summed E-state index contributed by atoms with van der Waals surface area (Å²) < 4.78 is 58.1. The largest absolute Gasteiger partial charge is 0.490 e. The van der Waals surface area contributed by atoms with Gasteiger partial charge in [0.05, 0.1) is 17.5 Å². The van der Waals surface area contributed by atoms with Crippen molar-refractivity contribution >= 4 is 0 Å². The second kappa shape index (κ2) is 8.65. The first kappa shape index (κ1) is 21.1. The second-order valence-electron chi connectivity index (χ2n) is 7.22. The van der Waals surface area contributed by atoms with Gasteiger partial charge in [-0.1, -0.05) is 13.8 Å². The molecule has 0 saturated heterocycles. The summed E-state index contributed by atoms with van der Waals surface area (Å²) in [6.07, 6.45) is -2.55. The van der Waals surface area contributed by atoms with Gasteiger partial charge in [0.25, 0.3) is 12.9 Å². The first-order valence-electron chi connectivity index (χ1n) is 8.53. The molecular formula is C19H23F4N3O. The Labute approximate surface area is 155 Å². The van der Waals surface area contributed by atoms with Gasteiger partial charge in [-0.15, -0.1) is 0 Å². The van der Waals surface area contributed by atoms with Crippen LogP contribution < -0.4 is 10.5 Å². The van der Waals surface area contributed by atoms with Gasteiger partial charge in [-0.05, 0) is 37.5 Å². The van der Waals surface area contributed by atoms with E-state index >= 15 is 0 Å². The third-order valence-electron chi connectivity index (χ3n) is 3.87. The lowest BCUT2D eigenvalue weighted by Crippen LogP contribution is -2.43. The van der Waals surface area contributed by atoms with E-state index in [2.05, 4.69) is 9.97 Å². The lowest BCUT2D eigenvalue weighted by Gasteiger charge is -2.27. The van der Waals surface area contributed by atoms with Gasteiger partial charge in [-0.3, -0.25) is 9.97 Å². The van der Waals surface area contributed by atoms with Gasteiger partial charge >= 0.3 is 0 Å². The van der Waals surface area contributed by atoms with Crippen LogP contribution in [0.5, 0.6) is 5.75 Å². The van der Waals surface area contributed by atoms with Gasteiger partial charge in [0.15, 0.2) is 0 Å². The van der Waals surface area contributed by atoms with Crippen LogP contribution in [0.1, 0.15) is 51.3 Å². The zero-order valence-electron chi connectivity index (χ0n) is 15.4. The predicted octanol–water partition coefficient (Wildman–Crippen LogP) is 5.16. The lowest BCUT2D eigenvalue weighted by atomic mass is 9.93. The first-order valence-corrected chi connectivity index (χ1v) is 8.53. The van der Waals surface area contributed by atoms with Crippen LogP contribution >= 0.6 is 0 Å². The van der Waals surface area contributed by atoms with Crippen LogP contribution in [0.4, 0.5) is 17.6 Å². The average molecular weight is 385 g/mol. The van der Waals surface area contributed by atoms with Gasteiger partial charge < -0.3 is 10.5 Å². The van der Waals surface area contributed by atoms with Crippen molar-refractivity contribution in [2.24, 2.45) is 11.7 Å². The summed E-state index contributed by atoms with van der Waals surface area (Å²) in [6.45, 7) is 5.86. The van der Waals surface area contributed by atoms with E-state index in [9.17, 15) is 17.6 Å². The van der Waals surface area contributed by atoms with Gasteiger partial charge in [0.1, 0.15) is 18.1 Å². The Bertz CT molecular complexity index is 766. The maximum atomic E-state index is 13.5. The Morgan fingerprint density at radius 1 is 1.11 bits per heavy atom. The molecule has 0 saturated carbocycles. The SMILES string of the molecule is CC(C)CC(C)(N)COc1cnc(-c2ccnc(C(F)F)c2)cc1C(F)F. The maximum absolute atomic E-state index is 13.5. The third-order valence-corrected chi connectivity index (χ3v) is 3.87. The summed E-state index contributed by atoms with van der Waals surface area (Å²) in [4.78, 5) is 7.64. The van der Waals surface area contributed by atoms with E-state index in [4.69, 9.17) is 10.5 Å². The molecule has 0 bridgehead atoms. The Morgan fingerprint density at radius 2 is 1.81 bits per heavy atom. The molecule has 0 aliphatic carbocycles. The monoisotopic (exact) mass is 385 g/mol. The van der Waals surface area contributed by atoms with Crippen molar-refractivity contribution in [1.29, 1.82) is 0 Å². The lowest BCUT2D eigenvalue weighted by molar-refractivity contribution is 0.139. The van der Waals surface area contributed by atoms with E-state index in [1.807, 2.05) is 13.8 Å². The van der Waals surface area contributed by atoms with Crippen LogP contribution in [-0.4, -0.2) is 22.1 Å². The van der Waals surface area contributed by atoms with Crippen molar-refractivity contribution in [2.75, 3.05) is 6.61 Å². The standard InChI is InChI=1S/C19H23F4N3O/c1-11(2)8-19(3,24)10-27-16-9-26-14(7-13(16)17(20)21)12-4-5-25-15(6-12)18(22)23/h4-7,9,11,17-18H,8,10,24H2,1-3H3. The van der Waals surface area contributed by atoms with E-state index in [-0.39, 0.29) is 29.2 Å². The highest BCUT2D eigenvalue weighted by Crippen LogP contribution is 2.33. The highest BCUT2D eigenvalue weighted by molar-refractivity contribution is 5.61. The fourth-order valence-corrected chi connectivity index (χ4v) is 2.87. The average Bonchev–Trinajstić information content (AvgIpc) is 2.58. The molecule has 0 spiro atoms. The summed E-state index contributed by atoms with van der Waals surface area (Å²) in [5.41, 5.74) is 5.07. The molecule has 2 heterocycles. The molecule has 148 valence electrons. The predicted molar refractivity (Wildman–Crippen MR) is 94.9 cm³/mol. The first-order chi connectivity index (χ1) is 12.6. The fraction of sp³-hybridized carbons (Fsp3) is 0.474. The summed E-state index contributed by atoms with van der Waals surface area (Å²) in [5, 5.41) is 0. The smallest absolute Gasteiger partial charge is 0.280 e. The molecule has 0 aliphatic rings. The van der Waals surface area contributed by atoms with Crippen LogP contribution in [0.15, 0.2) is 30.6 Å².